The van der Waals surface area contributed by atoms with Crippen LogP contribution in [0, 0.1) is 11.8 Å². The normalized spacial score (nSPS) is 12.5. The quantitative estimate of drug-likeness (QED) is 0.208. The number of methoxy groups -OCH3 is 1. The first kappa shape index (κ1) is 31.0. The summed E-state index contributed by atoms with van der Waals surface area (Å²) < 4.78 is 5.49. The highest BCUT2D eigenvalue weighted by molar-refractivity contribution is 6.01. The van der Waals surface area contributed by atoms with Gasteiger partial charge < -0.3 is 14.7 Å². The van der Waals surface area contributed by atoms with Crippen molar-refractivity contribution in [1.82, 2.24) is 4.90 Å². The van der Waals surface area contributed by atoms with E-state index >= 15 is 0 Å². The standard InChI is InChI=1S/C36H47NO3/c1-7-10-13-28(22-26(4)9-3)25-37(27(5)31-14-11-15-34(23-31)40-6)36(39)35-24-32(17-16-30(35)12-8-2)29-18-20-33(38)21-19-29/h11,14-21,23-24,26,28,38H,5,7-10,12-13,22,25H2,1-4,6H3. The van der Waals surface area contributed by atoms with Crippen molar-refractivity contribution >= 4 is 11.6 Å². The first-order chi connectivity index (χ1) is 19.3. The van der Waals surface area contributed by atoms with Gasteiger partial charge in [-0.15, -0.1) is 0 Å². The number of amides is 1. The van der Waals surface area contributed by atoms with Crippen LogP contribution in [0.5, 0.6) is 11.5 Å². The van der Waals surface area contributed by atoms with Crippen LogP contribution in [0.25, 0.3) is 16.8 Å². The Hall–Kier alpha value is -3.53. The lowest BCUT2D eigenvalue weighted by Gasteiger charge is -2.31. The van der Waals surface area contributed by atoms with Gasteiger partial charge in [-0.3, -0.25) is 4.79 Å². The van der Waals surface area contributed by atoms with Crippen molar-refractivity contribution in [3.63, 3.8) is 0 Å². The van der Waals surface area contributed by atoms with Crippen molar-refractivity contribution in [2.24, 2.45) is 11.8 Å². The van der Waals surface area contributed by atoms with E-state index in [1.165, 1.54) is 0 Å². The number of carbonyl (C=O) groups excluding carboxylic acids is 1. The number of nitrogens with zero attached hydrogens (tertiary/aromatic N) is 1. The number of ether oxygens (including phenoxy) is 1. The van der Waals surface area contributed by atoms with Gasteiger partial charge in [0, 0.05) is 23.4 Å². The monoisotopic (exact) mass is 541 g/mol. The maximum absolute atomic E-state index is 14.6. The molecule has 4 nitrogen and oxygen atoms in total. The van der Waals surface area contributed by atoms with Crippen molar-refractivity contribution in [3.8, 4) is 22.6 Å². The maximum Gasteiger partial charge on any atom is 0.258 e. The van der Waals surface area contributed by atoms with E-state index in [-0.39, 0.29) is 11.7 Å². The Kier molecular flexibility index (Phi) is 11.9. The molecule has 3 aromatic rings. The smallest absolute Gasteiger partial charge is 0.258 e. The molecule has 0 aliphatic carbocycles. The molecule has 40 heavy (non-hydrogen) atoms. The minimum absolute atomic E-state index is 0.0115. The first-order valence-corrected chi connectivity index (χ1v) is 14.9. The maximum atomic E-state index is 14.6. The average molecular weight is 542 g/mol. The predicted octanol–water partition coefficient (Wildman–Crippen LogP) is 9.38. The summed E-state index contributed by atoms with van der Waals surface area (Å²) in [6.45, 7) is 14.0. The lowest BCUT2D eigenvalue weighted by atomic mass is 9.89. The molecule has 0 saturated heterocycles. The van der Waals surface area contributed by atoms with E-state index in [0.717, 1.165) is 72.9 Å². The van der Waals surface area contributed by atoms with Gasteiger partial charge in [0.25, 0.3) is 5.91 Å². The molecule has 0 aromatic heterocycles. The summed E-state index contributed by atoms with van der Waals surface area (Å²) in [5.74, 6) is 1.94. The molecule has 0 fully saturated rings. The second-order valence-electron chi connectivity index (χ2n) is 11.0. The van der Waals surface area contributed by atoms with Gasteiger partial charge in [-0.1, -0.05) is 96.4 Å². The third-order valence-corrected chi connectivity index (χ3v) is 7.87. The molecular formula is C36H47NO3. The number of hydrogen-bond donors (Lipinski definition) is 1. The van der Waals surface area contributed by atoms with Crippen LogP contribution in [0.1, 0.15) is 87.7 Å². The molecule has 2 atom stereocenters. The number of rotatable bonds is 15. The summed E-state index contributed by atoms with van der Waals surface area (Å²) in [6, 6.07) is 21.1. The van der Waals surface area contributed by atoms with Gasteiger partial charge in [-0.2, -0.15) is 0 Å². The van der Waals surface area contributed by atoms with Crippen LogP contribution in [0.2, 0.25) is 0 Å². The Morgan fingerprint density at radius 3 is 2.35 bits per heavy atom. The molecule has 214 valence electrons. The molecule has 4 heteroatoms. The number of carbonyl (C=O) groups is 1. The van der Waals surface area contributed by atoms with Crippen molar-refractivity contribution in [3.05, 3.63) is 90.0 Å². The molecule has 0 aliphatic rings. The fraction of sp³-hybridized carbons (Fsp3) is 0.417. The molecule has 0 bridgehead atoms. The Bertz CT molecular complexity index is 1250. The van der Waals surface area contributed by atoms with Crippen molar-refractivity contribution < 1.29 is 14.6 Å². The molecule has 1 amide bonds. The van der Waals surface area contributed by atoms with E-state index in [4.69, 9.17) is 4.74 Å². The molecule has 0 heterocycles. The van der Waals surface area contributed by atoms with E-state index in [2.05, 4.69) is 46.4 Å². The molecule has 3 aromatic carbocycles. The van der Waals surface area contributed by atoms with E-state index < -0.39 is 0 Å². The zero-order chi connectivity index (χ0) is 29.1. The third-order valence-electron chi connectivity index (χ3n) is 7.87. The first-order valence-electron chi connectivity index (χ1n) is 14.9. The molecule has 1 N–H and O–H groups in total. The minimum atomic E-state index is -0.0115. The van der Waals surface area contributed by atoms with Crippen LogP contribution in [0.3, 0.4) is 0 Å². The largest absolute Gasteiger partial charge is 0.508 e. The number of aromatic hydroxyl groups is 1. The highest BCUT2D eigenvalue weighted by atomic mass is 16.5. The molecule has 0 aliphatic heterocycles. The summed E-state index contributed by atoms with van der Waals surface area (Å²) in [6.07, 6.45) is 7.35. The van der Waals surface area contributed by atoms with Gasteiger partial charge in [0.1, 0.15) is 11.5 Å². The fourth-order valence-corrected chi connectivity index (χ4v) is 5.29. The van der Waals surface area contributed by atoms with Crippen molar-refractivity contribution in [1.29, 1.82) is 0 Å². The van der Waals surface area contributed by atoms with E-state index in [9.17, 15) is 9.90 Å². The van der Waals surface area contributed by atoms with Gasteiger partial charge >= 0.3 is 0 Å². The van der Waals surface area contributed by atoms with E-state index in [0.29, 0.717) is 29.6 Å². The second kappa shape index (κ2) is 15.3. The van der Waals surface area contributed by atoms with Crippen molar-refractivity contribution in [2.45, 2.75) is 72.6 Å². The van der Waals surface area contributed by atoms with Crippen LogP contribution in [0.15, 0.2) is 73.3 Å². The number of aryl methyl sites for hydroxylation is 1. The molecule has 0 radical (unpaired) electrons. The van der Waals surface area contributed by atoms with Crippen LogP contribution in [-0.4, -0.2) is 29.6 Å². The average Bonchev–Trinajstić information content (AvgIpc) is 2.98. The van der Waals surface area contributed by atoms with Crippen LogP contribution < -0.4 is 4.74 Å². The number of phenolic OH excluding ortho intramolecular Hbond substituents is 1. The van der Waals surface area contributed by atoms with Crippen LogP contribution >= 0.6 is 0 Å². The fourth-order valence-electron chi connectivity index (χ4n) is 5.29. The Labute approximate surface area is 241 Å². The summed E-state index contributed by atoms with van der Waals surface area (Å²) in [5, 5.41) is 9.79. The Morgan fingerprint density at radius 2 is 1.70 bits per heavy atom. The summed E-state index contributed by atoms with van der Waals surface area (Å²) >= 11 is 0. The number of unbranched alkanes of at least 4 members (excludes halogenated alkanes) is 1. The predicted molar refractivity (Wildman–Crippen MR) is 168 cm³/mol. The van der Waals surface area contributed by atoms with Gasteiger partial charge in [0.2, 0.25) is 0 Å². The van der Waals surface area contributed by atoms with Crippen molar-refractivity contribution in [2.75, 3.05) is 13.7 Å². The summed E-state index contributed by atoms with van der Waals surface area (Å²) in [7, 11) is 1.66. The van der Waals surface area contributed by atoms with Gasteiger partial charge in [-0.05, 0) is 78.1 Å². The minimum Gasteiger partial charge on any atom is -0.508 e. The Balaban J connectivity index is 2.09. The van der Waals surface area contributed by atoms with Crippen LogP contribution in [0.4, 0.5) is 0 Å². The molecule has 0 spiro atoms. The Morgan fingerprint density at radius 1 is 0.975 bits per heavy atom. The molecule has 0 saturated carbocycles. The number of hydrogen-bond acceptors (Lipinski definition) is 3. The number of phenols is 1. The van der Waals surface area contributed by atoms with Gasteiger partial charge in [0.15, 0.2) is 0 Å². The second-order valence-corrected chi connectivity index (χ2v) is 11.0. The number of benzene rings is 3. The SMILES string of the molecule is C=C(c1cccc(OC)c1)N(CC(CCCC)CC(C)CC)C(=O)c1cc(-c2ccc(O)cc2)ccc1CCC. The molecular weight excluding hydrogens is 494 g/mol. The highest BCUT2D eigenvalue weighted by Gasteiger charge is 2.26. The molecule has 3 rings (SSSR count). The molecule has 2 unspecified atom stereocenters. The lowest BCUT2D eigenvalue weighted by molar-refractivity contribution is 0.0807. The zero-order valence-corrected chi connectivity index (χ0v) is 25.1. The van der Waals surface area contributed by atoms with Gasteiger partial charge in [-0.25, -0.2) is 0 Å². The van der Waals surface area contributed by atoms with Gasteiger partial charge in [0.05, 0.1) is 7.11 Å². The topological polar surface area (TPSA) is 49.8 Å². The summed E-state index contributed by atoms with van der Waals surface area (Å²) in [4.78, 5) is 16.5. The highest BCUT2D eigenvalue weighted by Crippen LogP contribution is 2.31. The third kappa shape index (κ3) is 8.24. The lowest BCUT2D eigenvalue weighted by Crippen LogP contribution is -2.35. The van der Waals surface area contributed by atoms with Crippen LogP contribution in [-0.2, 0) is 6.42 Å². The zero-order valence-electron chi connectivity index (χ0n) is 25.1. The summed E-state index contributed by atoms with van der Waals surface area (Å²) in [5.41, 5.74) is 5.27. The van der Waals surface area contributed by atoms with E-state index in [1.54, 1.807) is 19.2 Å². The van der Waals surface area contributed by atoms with E-state index in [1.807, 2.05) is 47.4 Å².